The monoisotopic (exact) mass is 257 g/mol. The van der Waals surface area contributed by atoms with E-state index in [4.69, 9.17) is 5.73 Å². The van der Waals surface area contributed by atoms with Gasteiger partial charge in [-0.15, -0.1) is 0 Å². The molecule has 0 aromatic heterocycles. The summed E-state index contributed by atoms with van der Waals surface area (Å²) >= 11 is 3.14. The van der Waals surface area contributed by atoms with Crippen molar-refractivity contribution >= 4 is 22.0 Å². The van der Waals surface area contributed by atoms with Crippen molar-refractivity contribution in [3.8, 4) is 0 Å². The normalized spacial score (nSPS) is 14.2. The summed E-state index contributed by atoms with van der Waals surface area (Å²) in [5, 5.41) is 0. The zero-order valence-corrected chi connectivity index (χ0v) is 9.81. The van der Waals surface area contributed by atoms with Gasteiger partial charge in [-0.05, 0) is 47.5 Å². The van der Waals surface area contributed by atoms with Gasteiger partial charge < -0.3 is 5.73 Å². The van der Waals surface area contributed by atoms with Crippen molar-refractivity contribution in [1.82, 2.24) is 0 Å². The molecule has 0 saturated heterocycles. The van der Waals surface area contributed by atoms with Gasteiger partial charge in [-0.2, -0.15) is 0 Å². The third-order valence-electron chi connectivity index (χ3n) is 2.06. The Labute approximate surface area is 91.9 Å². The summed E-state index contributed by atoms with van der Waals surface area (Å²) < 4.78 is 13.4. The van der Waals surface area contributed by atoms with Crippen LogP contribution in [0.25, 0.3) is 6.08 Å². The fraction of sp³-hybridized carbons (Fsp3) is 0.273. The molecule has 1 aromatic carbocycles. The predicted octanol–water partition coefficient (Wildman–Crippen LogP) is 3.34. The van der Waals surface area contributed by atoms with Gasteiger partial charge in [0.25, 0.3) is 0 Å². The molecule has 0 aliphatic heterocycles. The lowest BCUT2D eigenvalue weighted by atomic mass is 10.1. The van der Waals surface area contributed by atoms with E-state index in [0.29, 0.717) is 4.47 Å². The van der Waals surface area contributed by atoms with Gasteiger partial charge in [0, 0.05) is 6.04 Å². The summed E-state index contributed by atoms with van der Waals surface area (Å²) in [6, 6.07) is 4.93. The van der Waals surface area contributed by atoms with E-state index in [1.807, 2.05) is 19.9 Å². The largest absolute Gasteiger partial charge is 0.324 e. The molecule has 0 heterocycles. The molecule has 76 valence electrons. The predicted molar refractivity (Wildman–Crippen MR) is 61.4 cm³/mol. The first-order valence-electron chi connectivity index (χ1n) is 4.39. The van der Waals surface area contributed by atoms with Crippen molar-refractivity contribution < 1.29 is 4.39 Å². The summed E-state index contributed by atoms with van der Waals surface area (Å²) in [5.41, 5.74) is 7.72. The lowest BCUT2D eigenvalue weighted by molar-refractivity contribution is 0.621. The molecule has 3 heteroatoms. The summed E-state index contributed by atoms with van der Waals surface area (Å²) in [5.74, 6) is -0.249. The molecule has 0 bridgehead atoms. The lowest BCUT2D eigenvalue weighted by Gasteiger charge is -2.05. The van der Waals surface area contributed by atoms with Crippen LogP contribution in [0.15, 0.2) is 28.2 Å². The maximum absolute atomic E-state index is 12.9. The van der Waals surface area contributed by atoms with E-state index < -0.39 is 0 Å². The van der Waals surface area contributed by atoms with E-state index in [0.717, 1.165) is 11.1 Å². The van der Waals surface area contributed by atoms with Gasteiger partial charge in [-0.3, -0.25) is 0 Å². The molecule has 2 N–H and O–H groups in total. The van der Waals surface area contributed by atoms with Crippen LogP contribution in [-0.4, -0.2) is 6.04 Å². The summed E-state index contributed by atoms with van der Waals surface area (Å²) in [6.45, 7) is 3.88. The molecular formula is C11H13BrFN. The van der Waals surface area contributed by atoms with Crippen LogP contribution in [0.2, 0.25) is 0 Å². The van der Waals surface area contributed by atoms with Crippen LogP contribution in [0.5, 0.6) is 0 Å². The molecule has 0 radical (unpaired) electrons. The highest BCUT2D eigenvalue weighted by atomic mass is 79.9. The van der Waals surface area contributed by atoms with E-state index in [9.17, 15) is 4.39 Å². The summed E-state index contributed by atoms with van der Waals surface area (Å²) in [4.78, 5) is 0. The zero-order chi connectivity index (χ0) is 10.7. The molecule has 1 unspecified atom stereocenters. The van der Waals surface area contributed by atoms with Crippen molar-refractivity contribution in [3.05, 3.63) is 39.6 Å². The minimum atomic E-state index is -0.249. The molecule has 0 spiro atoms. The fourth-order valence-electron chi connectivity index (χ4n) is 0.996. The van der Waals surface area contributed by atoms with E-state index >= 15 is 0 Å². The second-order valence-corrected chi connectivity index (χ2v) is 4.20. The Morgan fingerprint density at radius 2 is 2.21 bits per heavy atom. The molecule has 1 atom stereocenters. The molecule has 0 saturated carbocycles. The fourth-order valence-corrected chi connectivity index (χ4v) is 1.39. The van der Waals surface area contributed by atoms with Crippen molar-refractivity contribution in [3.63, 3.8) is 0 Å². The Morgan fingerprint density at radius 3 is 2.71 bits per heavy atom. The Balaban J connectivity index is 2.98. The second-order valence-electron chi connectivity index (χ2n) is 3.35. The molecule has 0 fully saturated rings. The average molecular weight is 258 g/mol. The number of hydrogen-bond acceptors (Lipinski definition) is 1. The highest BCUT2D eigenvalue weighted by Crippen LogP contribution is 2.18. The minimum absolute atomic E-state index is 0.0267. The Hall–Kier alpha value is -0.670. The maximum atomic E-state index is 12.9. The van der Waals surface area contributed by atoms with Gasteiger partial charge in [0.2, 0.25) is 0 Å². The summed E-state index contributed by atoms with van der Waals surface area (Å²) in [6.07, 6.45) is 1.95. The van der Waals surface area contributed by atoms with E-state index in [-0.39, 0.29) is 11.9 Å². The van der Waals surface area contributed by atoms with Crippen LogP contribution in [-0.2, 0) is 0 Å². The first-order chi connectivity index (χ1) is 6.50. The van der Waals surface area contributed by atoms with Crippen molar-refractivity contribution in [2.75, 3.05) is 0 Å². The number of benzene rings is 1. The first kappa shape index (κ1) is 11.4. The van der Waals surface area contributed by atoms with E-state index in [1.165, 1.54) is 6.07 Å². The number of rotatable bonds is 2. The van der Waals surface area contributed by atoms with Crippen LogP contribution < -0.4 is 5.73 Å². The average Bonchev–Trinajstić information content (AvgIpc) is 2.11. The Morgan fingerprint density at radius 1 is 1.57 bits per heavy atom. The molecule has 0 aliphatic rings. The van der Waals surface area contributed by atoms with Crippen LogP contribution in [0.4, 0.5) is 4.39 Å². The molecule has 1 rings (SSSR count). The Kier molecular flexibility index (Phi) is 3.84. The quantitative estimate of drug-likeness (QED) is 0.865. The van der Waals surface area contributed by atoms with E-state index in [2.05, 4.69) is 15.9 Å². The third kappa shape index (κ3) is 2.93. The second kappa shape index (κ2) is 4.71. The number of hydrogen-bond donors (Lipinski definition) is 1. The number of halogens is 2. The van der Waals surface area contributed by atoms with Gasteiger partial charge in [0.1, 0.15) is 5.82 Å². The zero-order valence-electron chi connectivity index (χ0n) is 8.22. The Bertz CT molecular complexity index is 358. The smallest absolute Gasteiger partial charge is 0.137 e. The van der Waals surface area contributed by atoms with Crippen molar-refractivity contribution in [2.45, 2.75) is 19.9 Å². The van der Waals surface area contributed by atoms with Crippen LogP contribution in [0.3, 0.4) is 0 Å². The molecule has 14 heavy (non-hydrogen) atoms. The van der Waals surface area contributed by atoms with Gasteiger partial charge in [0.05, 0.1) is 4.47 Å². The minimum Gasteiger partial charge on any atom is -0.324 e. The topological polar surface area (TPSA) is 26.0 Å². The molecule has 0 aliphatic carbocycles. The highest BCUT2D eigenvalue weighted by Gasteiger charge is 2.00. The SMILES string of the molecule is C/C(=C\c1ccc(F)c(Br)c1)C(C)N. The lowest BCUT2D eigenvalue weighted by Crippen LogP contribution is -2.15. The summed E-state index contributed by atoms with van der Waals surface area (Å²) in [7, 11) is 0. The van der Waals surface area contributed by atoms with Gasteiger partial charge in [-0.1, -0.05) is 17.7 Å². The molecule has 0 amide bonds. The van der Waals surface area contributed by atoms with Crippen LogP contribution in [0, 0.1) is 5.82 Å². The van der Waals surface area contributed by atoms with E-state index in [1.54, 1.807) is 12.1 Å². The van der Waals surface area contributed by atoms with Gasteiger partial charge in [-0.25, -0.2) is 4.39 Å². The first-order valence-corrected chi connectivity index (χ1v) is 5.19. The molecule has 1 nitrogen and oxygen atoms in total. The van der Waals surface area contributed by atoms with Gasteiger partial charge in [0.15, 0.2) is 0 Å². The number of nitrogens with two attached hydrogens (primary N) is 1. The van der Waals surface area contributed by atoms with Crippen LogP contribution >= 0.6 is 15.9 Å². The standard InChI is InChI=1S/C11H13BrFN/c1-7(8(2)14)5-9-3-4-11(13)10(12)6-9/h3-6,8H,14H2,1-2H3/b7-5+. The molecule has 1 aromatic rings. The highest BCUT2D eigenvalue weighted by molar-refractivity contribution is 9.10. The maximum Gasteiger partial charge on any atom is 0.137 e. The van der Waals surface area contributed by atoms with Crippen molar-refractivity contribution in [1.29, 1.82) is 0 Å². The van der Waals surface area contributed by atoms with Gasteiger partial charge >= 0.3 is 0 Å². The van der Waals surface area contributed by atoms with Crippen LogP contribution in [0.1, 0.15) is 19.4 Å². The third-order valence-corrected chi connectivity index (χ3v) is 2.66. The van der Waals surface area contributed by atoms with Crippen molar-refractivity contribution in [2.24, 2.45) is 5.73 Å². The molecular weight excluding hydrogens is 245 g/mol.